The largest absolute Gasteiger partial charge is 0.505 e. The molecule has 3 rings (SSSR count). The van der Waals surface area contributed by atoms with Crippen molar-refractivity contribution in [3.63, 3.8) is 0 Å². The van der Waals surface area contributed by atoms with Crippen molar-refractivity contribution < 1.29 is 14.2 Å². The number of phenolic OH excluding ortho intramolecular Hbond substituents is 1. The van der Waals surface area contributed by atoms with E-state index in [4.69, 9.17) is 10.5 Å². The summed E-state index contributed by atoms with van der Waals surface area (Å²) in [5, 5.41) is 9.41. The lowest BCUT2D eigenvalue weighted by Gasteiger charge is -2.57. The molecule has 3 atom stereocenters. The van der Waals surface area contributed by atoms with Crippen LogP contribution in [0.3, 0.4) is 0 Å². The molecule has 120 valence electrons. The predicted molar refractivity (Wildman–Crippen MR) is 83.9 cm³/mol. The first-order chi connectivity index (χ1) is 10.3. The lowest BCUT2D eigenvalue weighted by atomic mass is 9.58. The highest BCUT2D eigenvalue weighted by Crippen LogP contribution is 2.57. The summed E-state index contributed by atoms with van der Waals surface area (Å²) in [6, 6.07) is 4.53. The molecule has 1 aliphatic heterocycles. The molecule has 0 aromatic heterocycles. The van der Waals surface area contributed by atoms with E-state index < -0.39 is 5.82 Å². The molecule has 3 nitrogen and oxygen atoms in total. The maximum atomic E-state index is 13.7. The Morgan fingerprint density at radius 3 is 2.77 bits per heavy atom. The Morgan fingerprint density at radius 1 is 1.41 bits per heavy atom. The van der Waals surface area contributed by atoms with Crippen molar-refractivity contribution >= 4 is 0 Å². The molecule has 4 heteroatoms. The first-order valence-electron chi connectivity index (χ1n) is 7.83. The van der Waals surface area contributed by atoms with E-state index in [9.17, 15) is 9.50 Å². The van der Waals surface area contributed by atoms with Gasteiger partial charge in [-0.3, -0.25) is 0 Å². The van der Waals surface area contributed by atoms with E-state index in [1.165, 1.54) is 17.7 Å². The van der Waals surface area contributed by atoms with E-state index in [2.05, 4.69) is 26.8 Å². The van der Waals surface area contributed by atoms with Gasteiger partial charge in [0.2, 0.25) is 0 Å². The van der Waals surface area contributed by atoms with E-state index in [-0.39, 0.29) is 28.8 Å². The fourth-order valence-corrected chi connectivity index (χ4v) is 3.95. The monoisotopic (exact) mass is 305 g/mol. The number of nitrogens with two attached hydrogens (primary N) is 1. The summed E-state index contributed by atoms with van der Waals surface area (Å²) in [5.74, 6) is -0.729. The Hall–Kier alpha value is -1.39. The summed E-state index contributed by atoms with van der Waals surface area (Å²) in [6.07, 6.45) is 3.93. The van der Waals surface area contributed by atoms with E-state index in [1.807, 2.05) is 0 Å². The van der Waals surface area contributed by atoms with E-state index in [0.717, 1.165) is 18.4 Å². The summed E-state index contributed by atoms with van der Waals surface area (Å²) in [7, 11) is 0. The minimum Gasteiger partial charge on any atom is -0.505 e. The first kappa shape index (κ1) is 15.5. The number of phenols is 1. The van der Waals surface area contributed by atoms with Crippen LogP contribution >= 0.6 is 0 Å². The van der Waals surface area contributed by atoms with E-state index >= 15 is 0 Å². The Kier molecular flexibility index (Phi) is 3.57. The van der Waals surface area contributed by atoms with Crippen LogP contribution in [0, 0.1) is 17.2 Å². The van der Waals surface area contributed by atoms with Crippen LogP contribution in [0.25, 0.3) is 0 Å². The molecular formula is C18H24FNO2. The van der Waals surface area contributed by atoms with Crippen LogP contribution in [0.2, 0.25) is 0 Å². The van der Waals surface area contributed by atoms with Crippen LogP contribution in [-0.4, -0.2) is 17.3 Å². The number of benzene rings is 1. The van der Waals surface area contributed by atoms with Gasteiger partial charge in [-0.15, -0.1) is 0 Å². The Morgan fingerprint density at radius 2 is 2.14 bits per heavy atom. The molecule has 3 N–H and O–H groups in total. The SMILES string of the molecule is CC1=CCC2(CN)CC1C(c1ccc(O)c(F)c1)OC2(C)C. The maximum absolute atomic E-state index is 13.7. The highest BCUT2D eigenvalue weighted by molar-refractivity contribution is 5.32. The zero-order chi connectivity index (χ0) is 16.1. The van der Waals surface area contributed by atoms with Gasteiger partial charge in [0.15, 0.2) is 11.6 Å². The molecule has 2 aliphatic rings. The van der Waals surface area contributed by atoms with Crippen molar-refractivity contribution in [3.8, 4) is 5.75 Å². The number of hydrogen-bond donors (Lipinski definition) is 2. The molecule has 22 heavy (non-hydrogen) atoms. The Balaban J connectivity index is 2.04. The van der Waals surface area contributed by atoms with Crippen molar-refractivity contribution in [2.75, 3.05) is 6.54 Å². The van der Waals surface area contributed by atoms with E-state index in [1.54, 1.807) is 6.07 Å². The fraction of sp³-hybridized carbons (Fsp3) is 0.556. The zero-order valence-corrected chi connectivity index (χ0v) is 13.4. The van der Waals surface area contributed by atoms with Gasteiger partial charge in [0.05, 0.1) is 11.7 Å². The van der Waals surface area contributed by atoms with Gasteiger partial charge in [0, 0.05) is 17.9 Å². The van der Waals surface area contributed by atoms with Crippen LogP contribution in [-0.2, 0) is 4.74 Å². The second kappa shape index (κ2) is 5.07. The van der Waals surface area contributed by atoms with Gasteiger partial charge in [-0.2, -0.15) is 0 Å². The highest BCUT2D eigenvalue weighted by atomic mass is 19.1. The number of hydrogen-bond acceptors (Lipinski definition) is 3. The molecule has 1 saturated heterocycles. The standard InChI is InChI=1S/C18H24FNO2/c1-11-6-7-18(10-20)9-13(11)16(22-17(18,2)3)12-4-5-15(21)14(19)8-12/h4-6,8,13,16,21H,7,9-10,20H2,1-3H3. The third kappa shape index (κ3) is 2.17. The van der Waals surface area contributed by atoms with Gasteiger partial charge in [-0.25, -0.2) is 4.39 Å². The van der Waals surface area contributed by atoms with Crippen molar-refractivity contribution in [1.82, 2.24) is 0 Å². The number of allylic oxidation sites excluding steroid dienone is 1. The Labute approximate surface area is 131 Å². The number of aromatic hydroxyl groups is 1. The van der Waals surface area contributed by atoms with Gasteiger partial charge < -0.3 is 15.6 Å². The molecule has 1 heterocycles. The third-order valence-electron chi connectivity index (χ3n) is 5.77. The van der Waals surface area contributed by atoms with Gasteiger partial charge in [0.25, 0.3) is 0 Å². The zero-order valence-electron chi connectivity index (χ0n) is 13.4. The molecule has 1 aromatic carbocycles. The quantitative estimate of drug-likeness (QED) is 0.819. The van der Waals surface area contributed by atoms with Gasteiger partial charge >= 0.3 is 0 Å². The highest BCUT2D eigenvalue weighted by Gasteiger charge is 2.54. The average Bonchev–Trinajstić information content (AvgIpc) is 2.48. The molecule has 0 saturated carbocycles. The van der Waals surface area contributed by atoms with Crippen LogP contribution < -0.4 is 5.73 Å². The number of halogens is 1. The number of ether oxygens (including phenoxy) is 1. The number of rotatable bonds is 2. The van der Waals surface area contributed by atoms with Crippen LogP contribution in [0.5, 0.6) is 5.75 Å². The van der Waals surface area contributed by atoms with Crippen LogP contribution in [0.1, 0.15) is 45.3 Å². The van der Waals surface area contributed by atoms with Crippen molar-refractivity contribution in [2.45, 2.75) is 45.3 Å². The molecule has 1 aliphatic carbocycles. The summed E-state index contributed by atoms with van der Waals surface area (Å²) in [4.78, 5) is 0. The number of fused-ring (bicyclic) bond motifs is 2. The van der Waals surface area contributed by atoms with Crippen molar-refractivity contribution in [3.05, 3.63) is 41.2 Å². The molecule has 0 spiro atoms. The fourth-order valence-electron chi connectivity index (χ4n) is 3.95. The summed E-state index contributed by atoms with van der Waals surface area (Å²) >= 11 is 0. The average molecular weight is 305 g/mol. The molecule has 3 unspecified atom stereocenters. The van der Waals surface area contributed by atoms with Gasteiger partial charge in [-0.05, 0) is 51.3 Å². The molecule has 1 fully saturated rings. The van der Waals surface area contributed by atoms with Gasteiger partial charge in [0.1, 0.15) is 0 Å². The molecule has 1 aromatic rings. The van der Waals surface area contributed by atoms with Gasteiger partial charge in [-0.1, -0.05) is 17.7 Å². The second-order valence-electron chi connectivity index (χ2n) is 7.21. The van der Waals surface area contributed by atoms with Crippen molar-refractivity contribution in [2.24, 2.45) is 17.1 Å². The Bertz CT molecular complexity index is 626. The molecule has 0 amide bonds. The third-order valence-corrected chi connectivity index (χ3v) is 5.77. The minimum absolute atomic E-state index is 0.0663. The molecular weight excluding hydrogens is 281 g/mol. The minimum atomic E-state index is -0.605. The maximum Gasteiger partial charge on any atom is 0.165 e. The van der Waals surface area contributed by atoms with Crippen molar-refractivity contribution in [1.29, 1.82) is 0 Å². The van der Waals surface area contributed by atoms with E-state index in [0.29, 0.717) is 6.54 Å². The normalized spacial score (nSPS) is 33.4. The topological polar surface area (TPSA) is 55.5 Å². The first-order valence-corrected chi connectivity index (χ1v) is 7.83. The predicted octanol–water partition coefficient (Wildman–Crippen LogP) is 3.68. The second-order valence-corrected chi connectivity index (χ2v) is 7.21. The lowest BCUT2D eigenvalue weighted by molar-refractivity contribution is -0.208. The summed E-state index contributed by atoms with van der Waals surface area (Å²) < 4.78 is 20.2. The van der Waals surface area contributed by atoms with Crippen LogP contribution in [0.15, 0.2) is 29.8 Å². The summed E-state index contributed by atoms with van der Waals surface area (Å²) in [6.45, 7) is 6.84. The molecule has 2 bridgehead atoms. The lowest BCUT2D eigenvalue weighted by Crippen LogP contribution is -2.57. The smallest absolute Gasteiger partial charge is 0.165 e. The molecule has 0 radical (unpaired) electrons. The summed E-state index contributed by atoms with van der Waals surface area (Å²) in [5.41, 5.74) is 7.69. The van der Waals surface area contributed by atoms with Crippen LogP contribution in [0.4, 0.5) is 4.39 Å².